The molecule has 1 aromatic carbocycles. The van der Waals surface area contributed by atoms with Crippen LogP contribution in [0.5, 0.6) is 0 Å². The van der Waals surface area contributed by atoms with E-state index in [4.69, 9.17) is 9.47 Å². The highest BCUT2D eigenvalue weighted by molar-refractivity contribution is 5.89. The average molecular weight is 421 g/mol. The minimum atomic E-state index is -4.18. The molecule has 1 fully saturated rings. The number of nitrogens with zero attached hydrogens (tertiary/aromatic N) is 2. The van der Waals surface area contributed by atoms with Crippen molar-refractivity contribution in [3.05, 3.63) is 29.8 Å². The molecule has 1 N–H and O–H groups in total. The minimum Gasteiger partial charge on any atom is -0.380 e. The Balaban J connectivity index is 1.77. The van der Waals surface area contributed by atoms with Crippen LogP contribution in [-0.4, -0.2) is 80.7 Å². The Kier molecular flexibility index (Phi) is 9.12. The van der Waals surface area contributed by atoms with E-state index in [2.05, 4.69) is 10.2 Å². The van der Waals surface area contributed by atoms with Crippen LogP contribution < -0.4 is 5.32 Å². The number of hydrogen-bond acceptors (Lipinski definition) is 4. The highest BCUT2D eigenvalue weighted by Gasteiger charge is 2.40. The summed E-state index contributed by atoms with van der Waals surface area (Å²) < 4.78 is 60.1. The van der Waals surface area contributed by atoms with E-state index < -0.39 is 19.0 Å². The maximum absolute atomic E-state index is 12.9. The van der Waals surface area contributed by atoms with E-state index in [1.165, 1.54) is 0 Å². The number of piperazine rings is 1. The number of benzene rings is 1. The molecule has 29 heavy (non-hydrogen) atoms. The van der Waals surface area contributed by atoms with Gasteiger partial charge in [-0.05, 0) is 24.6 Å². The second kappa shape index (κ2) is 11.3. The number of amides is 2. The summed E-state index contributed by atoms with van der Waals surface area (Å²) in [5.74, 6) is -4.18. The van der Waals surface area contributed by atoms with Gasteiger partial charge in [0.1, 0.15) is 6.61 Å². The number of nitrogens with one attached hydrogen (secondary N) is 1. The van der Waals surface area contributed by atoms with E-state index in [0.717, 1.165) is 19.6 Å². The molecule has 0 saturated carbocycles. The predicted octanol–water partition coefficient (Wildman–Crippen LogP) is 3.29. The number of alkyl halides is 4. The number of halogens is 4. The van der Waals surface area contributed by atoms with Gasteiger partial charge in [-0.1, -0.05) is 12.1 Å². The van der Waals surface area contributed by atoms with Crippen LogP contribution in [0, 0.1) is 0 Å². The standard InChI is InChI=1S/C19H27F4N3O3/c1-2-28-11-10-25-6-8-26(9-7-25)18(27)24-16-5-3-4-15(12-16)13-29-14-19(22,23)17(20)21/h3-5,12,17H,2,6-11,13-14H2,1H3,(H,24,27). The first-order chi connectivity index (χ1) is 13.8. The van der Waals surface area contributed by atoms with Gasteiger partial charge in [-0.15, -0.1) is 0 Å². The molecule has 0 atom stereocenters. The molecule has 1 aliphatic heterocycles. The van der Waals surface area contributed by atoms with Crippen molar-refractivity contribution in [2.24, 2.45) is 0 Å². The molecule has 0 radical (unpaired) electrons. The Bertz CT molecular complexity index is 641. The van der Waals surface area contributed by atoms with Crippen LogP contribution in [0.2, 0.25) is 0 Å². The molecule has 0 unspecified atom stereocenters. The van der Waals surface area contributed by atoms with Crippen molar-refractivity contribution < 1.29 is 31.8 Å². The Morgan fingerprint density at radius 1 is 1.21 bits per heavy atom. The van der Waals surface area contributed by atoms with Crippen molar-refractivity contribution in [3.63, 3.8) is 0 Å². The molecule has 10 heteroatoms. The molecule has 1 aromatic rings. The van der Waals surface area contributed by atoms with Crippen molar-refractivity contribution in [2.75, 3.05) is 57.9 Å². The topological polar surface area (TPSA) is 54.0 Å². The molecular weight excluding hydrogens is 394 g/mol. The molecule has 1 heterocycles. The SMILES string of the molecule is CCOCCN1CCN(C(=O)Nc2cccc(COCC(F)(F)C(F)F)c2)CC1. The third kappa shape index (κ3) is 7.79. The lowest BCUT2D eigenvalue weighted by Gasteiger charge is -2.34. The Morgan fingerprint density at radius 3 is 2.59 bits per heavy atom. The third-order valence-corrected chi connectivity index (χ3v) is 4.48. The van der Waals surface area contributed by atoms with Crippen molar-refractivity contribution in [3.8, 4) is 0 Å². The zero-order valence-corrected chi connectivity index (χ0v) is 16.4. The summed E-state index contributed by atoms with van der Waals surface area (Å²) in [5, 5.41) is 2.76. The molecule has 0 aliphatic carbocycles. The monoisotopic (exact) mass is 421 g/mol. The molecule has 1 aliphatic rings. The van der Waals surface area contributed by atoms with Crippen molar-refractivity contribution in [2.45, 2.75) is 25.9 Å². The molecular formula is C19H27F4N3O3. The van der Waals surface area contributed by atoms with Gasteiger partial charge in [-0.2, -0.15) is 8.78 Å². The molecule has 0 spiro atoms. The largest absolute Gasteiger partial charge is 0.380 e. The van der Waals surface area contributed by atoms with Gasteiger partial charge in [0.15, 0.2) is 0 Å². The fourth-order valence-electron chi connectivity index (χ4n) is 2.82. The van der Waals surface area contributed by atoms with Gasteiger partial charge < -0.3 is 19.7 Å². The minimum absolute atomic E-state index is 0.253. The van der Waals surface area contributed by atoms with E-state index in [-0.39, 0.29) is 12.6 Å². The number of ether oxygens (including phenoxy) is 2. The van der Waals surface area contributed by atoms with Gasteiger partial charge in [0.25, 0.3) is 0 Å². The van der Waals surface area contributed by atoms with E-state index in [9.17, 15) is 22.4 Å². The first-order valence-electron chi connectivity index (χ1n) is 9.50. The summed E-state index contributed by atoms with van der Waals surface area (Å²) in [6, 6.07) is 6.21. The van der Waals surface area contributed by atoms with Crippen LogP contribution in [0.25, 0.3) is 0 Å². The van der Waals surface area contributed by atoms with Crippen LogP contribution in [0.1, 0.15) is 12.5 Å². The Morgan fingerprint density at radius 2 is 1.93 bits per heavy atom. The Labute approximate surface area is 167 Å². The molecule has 0 aromatic heterocycles. The summed E-state index contributed by atoms with van der Waals surface area (Å²) in [5.41, 5.74) is 0.976. The lowest BCUT2D eigenvalue weighted by Crippen LogP contribution is -2.50. The number of carbonyl (C=O) groups is 1. The Hall–Kier alpha value is -1.91. The van der Waals surface area contributed by atoms with E-state index in [1.54, 1.807) is 29.2 Å². The normalized spacial score (nSPS) is 15.7. The van der Waals surface area contributed by atoms with Gasteiger partial charge in [-0.25, -0.2) is 13.6 Å². The second-order valence-electron chi connectivity index (χ2n) is 6.71. The number of rotatable bonds is 10. The summed E-state index contributed by atoms with van der Waals surface area (Å²) in [7, 11) is 0. The summed E-state index contributed by atoms with van der Waals surface area (Å²) in [6.07, 6.45) is -3.77. The fraction of sp³-hybridized carbons (Fsp3) is 0.632. The van der Waals surface area contributed by atoms with Crippen molar-refractivity contribution in [1.82, 2.24) is 9.80 Å². The average Bonchev–Trinajstić information content (AvgIpc) is 2.69. The molecule has 1 saturated heterocycles. The first-order valence-corrected chi connectivity index (χ1v) is 9.50. The first kappa shape index (κ1) is 23.4. The predicted molar refractivity (Wildman–Crippen MR) is 101 cm³/mol. The zero-order chi connectivity index (χ0) is 21.3. The van der Waals surface area contributed by atoms with Crippen LogP contribution in [0.4, 0.5) is 28.0 Å². The van der Waals surface area contributed by atoms with E-state index >= 15 is 0 Å². The molecule has 2 amide bonds. The molecule has 6 nitrogen and oxygen atoms in total. The van der Waals surface area contributed by atoms with Gasteiger partial charge >= 0.3 is 18.4 Å². The lowest BCUT2D eigenvalue weighted by atomic mass is 10.2. The summed E-state index contributed by atoms with van der Waals surface area (Å²) in [6.45, 7) is 5.19. The van der Waals surface area contributed by atoms with Crippen LogP contribution in [-0.2, 0) is 16.1 Å². The van der Waals surface area contributed by atoms with Crippen molar-refractivity contribution in [1.29, 1.82) is 0 Å². The zero-order valence-electron chi connectivity index (χ0n) is 16.4. The highest BCUT2D eigenvalue weighted by atomic mass is 19.3. The number of urea groups is 1. The number of hydrogen-bond donors (Lipinski definition) is 1. The van der Waals surface area contributed by atoms with Gasteiger partial charge in [0.05, 0.1) is 13.2 Å². The van der Waals surface area contributed by atoms with Gasteiger partial charge in [0.2, 0.25) is 0 Å². The fourth-order valence-corrected chi connectivity index (χ4v) is 2.82. The smallest absolute Gasteiger partial charge is 0.330 e. The van der Waals surface area contributed by atoms with Crippen molar-refractivity contribution >= 4 is 11.7 Å². The quantitative estimate of drug-likeness (QED) is 0.465. The summed E-state index contributed by atoms with van der Waals surface area (Å²) in [4.78, 5) is 16.4. The lowest BCUT2D eigenvalue weighted by molar-refractivity contribution is -0.168. The molecule has 0 bridgehead atoms. The highest BCUT2D eigenvalue weighted by Crippen LogP contribution is 2.23. The maximum atomic E-state index is 12.9. The molecule has 164 valence electrons. The van der Waals surface area contributed by atoms with Crippen LogP contribution in [0.15, 0.2) is 24.3 Å². The van der Waals surface area contributed by atoms with Crippen LogP contribution in [0.3, 0.4) is 0 Å². The van der Waals surface area contributed by atoms with Crippen LogP contribution >= 0.6 is 0 Å². The third-order valence-electron chi connectivity index (χ3n) is 4.48. The van der Waals surface area contributed by atoms with Gasteiger partial charge in [0, 0.05) is 45.0 Å². The number of anilines is 1. The van der Waals surface area contributed by atoms with E-state index in [1.807, 2.05) is 6.92 Å². The van der Waals surface area contributed by atoms with E-state index in [0.29, 0.717) is 37.6 Å². The molecule has 2 rings (SSSR count). The van der Waals surface area contributed by atoms with Gasteiger partial charge in [-0.3, -0.25) is 4.90 Å². The maximum Gasteiger partial charge on any atom is 0.330 e. The number of carbonyl (C=O) groups excluding carboxylic acids is 1. The second-order valence-corrected chi connectivity index (χ2v) is 6.71. The summed E-state index contributed by atoms with van der Waals surface area (Å²) >= 11 is 0.